The molecule has 0 radical (unpaired) electrons. The summed E-state index contributed by atoms with van der Waals surface area (Å²) in [5.74, 6) is 1.72. The number of methoxy groups -OCH3 is 2. The molecule has 0 amide bonds. The number of rotatable bonds is 5. The molecular formula is C23H22O2. The van der Waals surface area contributed by atoms with Crippen LogP contribution in [0.4, 0.5) is 0 Å². The zero-order chi connectivity index (χ0) is 17.8. The van der Waals surface area contributed by atoms with Crippen LogP contribution < -0.4 is 9.47 Å². The van der Waals surface area contributed by atoms with Gasteiger partial charge in [0, 0.05) is 0 Å². The van der Waals surface area contributed by atoms with E-state index in [1.807, 2.05) is 31.2 Å². The van der Waals surface area contributed by atoms with E-state index in [0.717, 1.165) is 39.3 Å². The molecule has 0 aliphatic carbocycles. The van der Waals surface area contributed by atoms with Crippen LogP contribution in [0.5, 0.6) is 11.5 Å². The molecule has 0 unspecified atom stereocenters. The van der Waals surface area contributed by atoms with Crippen molar-refractivity contribution in [3.8, 4) is 33.8 Å². The quantitative estimate of drug-likeness (QED) is 0.565. The molecule has 0 aromatic heterocycles. The van der Waals surface area contributed by atoms with E-state index in [4.69, 9.17) is 9.47 Å². The van der Waals surface area contributed by atoms with Crippen LogP contribution in [0, 0.1) is 0 Å². The van der Waals surface area contributed by atoms with E-state index >= 15 is 0 Å². The van der Waals surface area contributed by atoms with Crippen LogP contribution in [0.25, 0.3) is 27.8 Å². The van der Waals surface area contributed by atoms with Gasteiger partial charge in [-0.2, -0.15) is 0 Å². The minimum atomic E-state index is 0.857. The first-order valence-corrected chi connectivity index (χ1v) is 8.21. The molecule has 0 bridgehead atoms. The van der Waals surface area contributed by atoms with Crippen LogP contribution in [-0.2, 0) is 0 Å². The molecule has 0 aliphatic heterocycles. The predicted molar refractivity (Wildman–Crippen MR) is 105 cm³/mol. The molecule has 126 valence electrons. The van der Waals surface area contributed by atoms with Crippen LogP contribution in [0.15, 0.2) is 73.3 Å². The number of allylic oxidation sites excluding steroid dienone is 1. The maximum Gasteiger partial charge on any atom is 0.118 e. The van der Waals surface area contributed by atoms with E-state index in [9.17, 15) is 0 Å². The van der Waals surface area contributed by atoms with Gasteiger partial charge in [-0.1, -0.05) is 48.6 Å². The Morgan fingerprint density at radius 3 is 1.64 bits per heavy atom. The van der Waals surface area contributed by atoms with Gasteiger partial charge in [0.15, 0.2) is 0 Å². The fourth-order valence-corrected chi connectivity index (χ4v) is 2.88. The Kier molecular flexibility index (Phi) is 4.90. The first-order chi connectivity index (χ1) is 12.1. The van der Waals surface area contributed by atoms with Crippen molar-refractivity contribution in [3.05, 3.63) is 78.9 Å². The molecule has 3 aromatic rings. The van der Waals surface area contributed by atoms with Crippen molar-refractivity contribution >= 4 is 5.57 Å². The third-order valence-electron chi connectivity index (χ3n) is 4.30. The highest BCUT2D eigenvalue weighted by Gasteiger charge is 2.09. The fourth-order valence-electron chi connectivity index (χ4n) is 2.88. The van der Waals surface area contributed by atoms with E-state index in [1.54, 1.807) is 14.2 Å². The normalized spacial score (nSPS) is 10.4. The molecule has 3 aromatic carbocycles. The van der Waals surface area contributed by atoms with Crippen LogP contribution in [-0.4, -0.2) is 14.2 Å². The molecule has 0 spiro atoms. The average molecular weight is 330 g/mol. The van der Waals surface area contributed by atoms with Gasteiger partial charge in [0.2, 0.25) is 0 Å². The fraction of sp³-hybridized carbons (Fsp3) is 0.130. The minimum Gasteiger partial charge on any atom is -0.497 e. The van der Waals surface area contributed by atoms with E-state index in [1.165, 1.54) is 5.56 Å². The Labute approximate surface area is 149 Å². The summed E-state index contributed by atoms with van der Waals surface area (Å²) in [6.07, 6.45) is 0. The van der Waals surface area contributed by atoms with E-state index in [-0.39, 0.29) is 0 Å². The summed E-state index contributed by atoms with van der Waals surface area (Å²) >= 11 is 0. The van der Waals surface area contributed by atoms with Gasteiger partial charge in [0.05, 0.1) is 14.2 Å². The van der Waals surface area contributed by atoms with Gasteiger partial charge in [0.25, 0.3) is 0 Å². The van der Waals surface area contributed by atoms with E-state index in [0.29, 0.717) is 0 Å². The monoisotopic (exact) mass is 330 g/mol. The highest BCUT2D eigenvalue weighted by atomic mass is 16.5. The zero-order valence-electron chi connectivity index (χ0n) is 14.9. The SMILES string of the molecule is C=C(C)c1cc(-c2ccc(OC)cc2)ccc1-c1ccc(OC)cc1. The van der Waals surface area contributed by atoms with E-state index < -0.39 is 0 Å². The number of ether oxygens (including phenoxy) is 2. The second-order valence-electron chi connectivity index (χ2n) is 6.00. The van der Waals surface area contributed by atoms with Crippen LogP contribution in [0.2, 0.25) is 0 Å². The molecule has 0 N–H and O–H groups in total. The molecular weight excluding hydrogens is 308 g/mol. The Balaban J connectivity index is 2.04. The lowest BCUT2D eigenvalue weighted by molar-refractivity contribution is 0.415. The molecule has 0 heterocycles. The Hall–Kier alpha value is -3.00. The summed E-state index contributed by atoms with van der Waals surface area (Å²) in [5.41, 5.74) is 6.84. The third kappa shape index (κ3) is 3.58. The van der Waals surface area contributed by atoms with Crippen molar-refractivity contribution in [2.75, 3.05) is 14.2 Å². The van der Waals surface area contributed by atoms with Gasteiger partial charge >= 0.3 is 0 Å². The van der Waals surface area contributed by atoms with Gasteiger partial charge in [0.1, 0.15) is 11.5 Å². The summed E-state index contributed by atoms with van der Waals surface area (Å²) in [6.45, 7) is 6.20. The maximum absolute atomic E-state index is 5.25. The maximum atomic E-state index is 5.25. The smallest absolute Gasteiger partial charge is 0.118 e. The first-order valence-electron chi connectivity index (χ1n) is 8.21. The highest BCUT2D eigenvalue weighted by Crippen LogP contribution is 2.33. The molecule has 25 heavy (non-hydrogen) atoms. The molecule has 0 aliphatic rings. The minimum absolute atomic E-state index is 0.857. The number of hydrogen-bond donors (Lipinski definition) is 0. The number of hydrogen-bond acceptors (Lipinski definition) is 2. The molecule has 2 heteroatoms. The average Bonchev–Trinajstić information content (AvgIpc) is 2.67. The second kappa shape index (κ2) is 7.27. The molecule has 0 saturated carbocycles. The largest absolute Gasteiger partial charge is 0.497 e. The topological polar surface area (TPSA) is 18.5 Å². The van der Waals surface area contributed by atoms with Crippen molar-refractivity contribution in [1.29, 1.82) is 0 Å². The summed E-state index contributed by atoms with van der Waals surface area (Å²) < 4.78 is 10.5. The number of benzene rings is 3. The molecule has 3 rings (SSSR count). The third-order valence-corrected chi connectivity index (χ3v) is 4.30. The second-order valence-corrected chi connectivity index (χ2v) is 6.00. The predicted octanol–water partition coefficient (Wildman–Crippen LogP) is 6.07. The van der Waals surface area contributed by atoms with Gasteiger partial charge in [-0.05, 0) is 65.1 Å². The Bertz CT molecular complexity index is 875. The van der Waals surface area contributed by atoms with E-state index in [2.05, 4.69) is 49.0 Å². The Morgan fingerprint density at radius 1 is 0.680 bits per heavy atom. The molecule has 0 fully saturated rings. The summed E-state index contributed by atoms with van der Waals surface area (Å²) in [4.78, 5) is 0. The summed E-state index contributed by atoms with van der Waals surface area (Å²) in [7, 11) is 3.36. The van der Waals surface area contributed by atoms with Crippen LogP contribution in [0.1, 0.15) is 12.5 Å². The first kappa shape index (κ1) is 16.8. The Morgan fingerprint density at radius 2 is 1.16 bits per heavy atom. The molecule has 2 nitrogen and oxygen atoms in total. The van der Waals surface area contributed by atoms with Crippen molar-refractivity contribution < 1.29 is 9.47 Å². The van der Waals surface area contributed by atoms with Gasteiger partial charge in [-0.3, -0.25) is 0 Å². The van der Waals surface area contributed by atoms with Crippen molar-refractivity contribution in [3.63, 3.8) is 0 Å². The van der Waals surface area contributed by atoms with Crippen LogP contribution in [0.3, 0.4) is 0 Å². The lowest BCUT2D eigenvalue weighted by atomic mass is 9.92. The molecule has 0 atom stereocenters. The zero-order valence-corrected chi connectivity index (χ0v) is 14.9. The lowest BCUT2D eigenvalue weighted by Crippen LogP contribution is -1.90. The highest BCUT2D eigenvalue weighted by molar-refractivity contribution is 5.83. The van der Waals surface area contributed by atoms with Gasteiger partial charge < -0.3 is 9.47 Å². The standard InChI is InChI=1S/C23H22O2/c1-16(2)23-15-19(17-5-10-20(24-3)11-6-17)9-14-22(23)18-7-12-21(25-4)13-8-18/h5-15H,1H2,2-4H3. The lowest BCUT2D eigenvalue weighted by Gasteiger charge is -2.13. The molecule has 0 saturated heterocycles. The van der Waals surface area contributed by atoms with Crippen molar-refractivity contribution in [2.45, 2.75) is 6.92 Å². The van der Waals surface area contributed by atoms with Gasteiger partial charge in [-0.15, -0.1) is 0 Å². The van der Waals surface area contributed by atoms with Crippen molar-refractivity contribution in [2.24, 2.45) is 0 Å². The summed E-state index contributed by atoms with van der Waals surface area (Å²) in [5, 5.41) is 0. The summed E-state index contributed by atoms with van der Waals surface area (Å²) in [6, 6.07) is 22.7. The van der Waals surface area contributed by atoms with Crippen molar-refractivity contribution in [1.82, 2.24) is 0 Å². The van der Waals surface area contributed by atoms with Gasteiger partial charge in [-0.25, -0.2) is 0 Å². The van der Waals surface area contributed by atoms with Crippen LogP contribution >= 0.6 is 0 Å².